The van der Waals surface area contributed by atoms with Crippen LogP contribution < -0.4 is 10.1 Å². The molecule has 1 aliphatic heterocycles. The summed E-state index contributed by atoms with van der Waals surface area (Å²) < 4.78 is 17.1. The zero-order chi connectivity index (χ0) is 19.6. The second-order valence-electron chi connectivity index (χ2n) is 6.94. The number of carbonyl (C=O) groups excluding carboxylic acids is 1. The molecule has 5 nitrogen and oxygen atoms in total. The van der Waals surface area contributed by atoms with E-state index in [4.69, 9.17) is 13.6 Å². The predicted molar refractivity (Wildman–Crippen MR) is 107 cm³/mol. The molecule has 4 aromatic rings. The number of rotatable bonds is 5. The van der Waals surface area contributed by atoms with Crippen molar-refractivity contribution in [2.75, 3.05) is 6.54 Å². The summed E-state index contributed by atoms with van der Waals surface area (Å²) in [7, 11) is 0. The highest BCUT2D eigenvalue weighted by atomic mass is 16.5. The molecule has 0 saturated carbocycles. The van der Waals surface area contributed by atoms with Gasteiger partial charge < -0.3 is 18.9 Å². The summed E-state index contributed by atoms with van der Waals surface area (Å²) >= 11 is 0. The van der Waals surface area contributed by atoms with Crippen LogP contribution in [-0.4, -0.2) is 12.5 Å². The van der Waals surface area contributed by atoms with E-state index in [9.17, 15) is 4.79 Å². The number of ether oxygens (including phenoxy) is 1. The van der Waals surface area contributed by atoms with E-state index in [1.54, 1.807) is 12.5 Å². The van der Waals surface area contributed by atoms with Crippen molar-refractivity contribution < 1.29 is 18.4 Å². The molecule has 1 amide bonds. The number of benzene rings is 2. The molecule has 2 aromatic heterocycles. The first-order chi connectivity index (χ1) is 14.3. The lowest BCUT2D eigenvalue weighted by Gasteiger charge is -2.27. The number of hydrogen-bond donors (Lipinski definition) is 1. The molecule has 1 aliphatic rings. The smallest absolute Gasteiger partial charge is 0.232 e. The zero-order valence-corrected chi connectivity index (χ0v) is 15.6. The molecule has 5 heteroatoms. The first kappa shape index (κ1) is 17.4. The van der Waals surface area contributed by atoms with E-state index in [1.807, 2.05) is 72.8 Å². The number of amides is 1. The van der Waals surface area contributed by atoms with Crippen LogP contribution in [0.25, 0.3) is 0 Å². The topological polar surface area (TPSA) is 64.6 Å². The van der Waals surface area contributed by atoms with Gasteiger partial charge in [-0.2, -0.15) is 0 Å². The monoisotopic (exact) mass is 385 g/mol. The second kappa shape index (κ2) is 7.36. The van der Waals surface area contributed by atoms with Gasteiger partial charge in [-0.1, -0.05) is 36.4 Å². The van der Waals surface area contributed by atoms with Gasteiger partial charge in [-0.25, -0.2) is 0 Å². The predicted octanol–water partition coefficient (Wildman–Crippen LogP) is 5.06. The van der Waals surface area contributed by atoms with Gasteiger partial charge in [0.25, 0.3) is 0 Å². The van der Waals surface area contributed by atoms with Gasteiger partial charge in [0.05, 0.1) is 24.4 Å². The van der Waals surface area contributed by atoms with Crippen molar-refractivity contribution >= 4 is 5.91 Å². The van der Waals surface area contributed by atoms with Crippen molar-refractivity contribution in [2.45, 2.75) is 11.8 Å². The Morgan fingerprint density at radius 1 is 0.793 bits per heavy atom. The lowest BCUT2D eigenvalue weighted by atomic mass is 9.87. The van der Waals surface area contributed by atoms with Crippen LogP contribution in [0.5, 0.6) is 11.5 Å². The van der Waals surface area contributed by atoms with Gasteiger partial charge in [0.2, 0.25) is 5.91 Å². The maximum atomic E-state index is 13.3. The molecule has 1 N–H and O–H groups in total. The van der Waals surface area contributed by atoms with E-state index in [0.717, 1.165) is 22.6 Å². The number of hydrogen-bond acceptors (Lipinski definition) is 4. The Kier molecular flexibility index (Phi) is 4.41. The lowest BCUT2D eigenvalue weighted by molar-refractivity contribution is -0.121. The highest BCUT2D eigenvalue weighted by Crippen LogP contribution is 2.44. The summed E-state index contributed by atoms with van der Waals surface area (Å²) in [5.41, 5.74) is 1.72. The summed E-state index contributed by atoms with van der Waals surface area (Å²) in [6, 6.07) is 22.7. The van der Waals surface area contributed by atoms with E-state index >= 15 is 0 Å². The second-order valence-corrected chi connectivity index (χ2v) is 6.94. The Morgan fingerprint density at radius 3 is 1.86 bits per heavy atom. The third-order valence-corrected chi connectivity index (χ3v) is 5.20. The minimum absolute atomic E-state index is 0.0867. The highest BCUT2D eigenvalue weighted by molar-refractivity contribution is 5.89. The van der Waals surface area contributed by atoms with Crippen LogP contribution in [0.3, 0.4) is 0 Å². The van der Waals surface area contributed by atoms with Crippen molar-refractivity contribution in [2.24, 2.45) is 0 Å². The maximum Gasteiger partial charge on any atom is 0.232 e. The molecular weight excluding hydrogens is 366 g/mol. The fourth-order valence-corrected chi connectivity index (χ4v) is 3.82. The van der Waals surface area contributed by atoms with E-state index in [2.05, 4.69) is 5.32 Å². The number of fused-ring (bicyclic) bond motifs is 2. The average molecular weight is 385 g/mol. The van der Waals surface area contributed by atoms with Crippen LogP contribution in [0.1, 0.15) is 34.5 Å². The molecule has 0 fully saturated rings. The molecule has 5 rings (SSSR count). The standard InChI is InChI=1S/C24H19NO4/c26-24(25-15-18(19-11-5-13-27-19)20-12-6-14-28-20)23-16-7-1-3-9-21(16)29-22-10-4-2-8-17(22)23/h1-14,18,23H,15H2,(H,25,26). The molecule has 29 heavy (non-hydrogen) atoms. The fraction of sp³-hybridized carbons (Fsp3) is 0.125. The van der Waals surface area contributed by atoms with Gasteiger partial charge in [0, 0.05) is 17.7 Å². The summed E-state index contributed by atoms with van der Waals surface area (Å²) in [5.74, 6) is 2.18. The first-order valence-corrected chi connectivity index (χ1v) is 9.51. The van der Waals surface area contributed by atoms with E-state index < -0.39 is 5.92 Å². The van der Waals surface area contributed by atoms with Crippen molar-refractivity contribution in [1.82, 2.24) is 5.32 Å². The normalized spacial score (nSPS) is 12.9. The van der Waals surface area contributed by atoms with Gasteiger partial charge in [-0.05, 0) is 36.4 Å². The quantitative estimate of drug-likeness (QED) is 0.522. The SMILES string of the molecule is O=C(NCC(c1ccco1)c1ccco1)C1c2ccccc2Oc2ccccc21. The van der Waals surface area contributed by atoms with Gasteiger partial charge in [-0.3, -0.25) is 4.79 Å². The molecule has 0 bridgehead atoms. The molecule has 0 spiro atoms. The summed E-state index contributed by atoms with van der Waals surface area (Å²) in [6.45, 7) is 0.363. The van der Waals surface area contributed by atoms with Gasteiger partial charge in [0.15, 0.2) is 0 Å². The Hall–Kier alpha value is -3.73. The number of para-hydroxylation sites is 2. The van der Waals surface area contributed by atoms with Crippen molar-refractivity contribution in [3.8, 4) is 11.5 Å². The van der Waals surface area contributed by atoms with E-state index in [-0.39, 0.29) is 11.8 Å². The Bertz CT molecular complexity index is 1040. The average Bonchev–Trinajstić information content (AvgIpc) is 3.47. The van der Waals surface area contributed by atoms with E-state index in [1.165, 1.54) is 0 Å². The fourth-order valence-electron chi connectivity index (χ4n) is 3.82. The Labute approximate surface area is 167 Å². The molecule has 0 radical (unpaired) electrons. The lowest BCUT2D eigenvalue weighted by Crippen LogP contribution is -2.34. The molecule has 3 heterocycles. The van der Waals surface area contributed by atoms with Crippen LogP contribution in [0.2, 0.25) is 0 Å². The summed E-state index contributed by atoms with van der Waals surface area (Å²) in [6.07, 6.45) is 3.25. The van der Waals surface area contributed by atoms with Gasteiger partial charge in [-0.15, -0.1) is 0 Å². The summed E-state index contributed by atoms with van der Waals surface area (Å²) in [4.78, 5) is 13.3. The van der Waals surface area contributed by atoms with Crippen LogP contribution >= 0.6 is 0 Å². The third kappa shape index (κ3) is 3.21. The zero-order valence-electron chi connectivity index (χ0n) is 15.6. The Morgan fingerprint density at radius 2 is 1.34 bits per heavy atom. The van der Waals surface area contributed by atoms with Crippen LogP contribution in [0.4, 0.5) is 0 Å². The molecule has 0 saturated heterocycles. The molecule has 144 valence electrons. The molecule has 0 unspecified atom stereocenters. The highest BCUT2D eigenvalue weighted by Gasteiger charge is 2.33. The van der Waals surface area contributed by atoms with Crippen LogP contribution in [-0.2, 0) is 4.79 Å². The minimum Gasteiger partial charge on any atom is -0.469 e. The van der Waals surface area contributed by atoms with Gasteiger partial charge in [0.1, 0.15) is 23.0 Å². The largest absolute Gasteiger partial charge is 0.469 e. The molecule has 0 atom stereocenters. The van der Waals surface area contributed by atoms with Gasteiger partial charge >= 0.3 is 0 Å². The van der Waals surface area contributed by atoms with Crippen molar-refractivity contribution in [1.29, 1.82) is 0 Å². The van der Waals surface area contributed by atoms with Crippen LogP contribution in [0, 0.1) is 0 Å². The first-order valence-electron chi connectivity index (χ1n) is 9.51. The molecular formula is C24H19NO4. The maximum absolute atomic E-state index is 13.3. The molecule has 2 aromatic carbocycles. The molecule has 0 aliphatic carbocycles. The third-order valence-electron chi connectivity index (χ3n) is 5.20. The minimum atomic E-state index is -0.440. The number of furan rings is 2. The van der Waals surface area contributed by atoms with Crippen molar-refractivity contribution in [3.05, 3.63) is 108 Å². The summed E-state index contributed by atoms with van der Waals surface area (Å²) in [5, 5.41) is 3.10. The van der Waals surface area contributed by atoms with Crippen LogP contribution in [0.15, 0.2) is 94.2 Å². The Balaban J connectivity index is 1.44. The van der Waals surface area contributed by atoms with E-state index in [0.29, 0.717) is 18.0 Å². The number of nitrogens with one attached hydrogen (secondary N) is 1. The van der Waals surface area contributed by atoms with Crippen molar-refractivity contribution in [3.63, 3.8) is 0 Å². The number of carbonyl (C=O) groups is 1.